The Morgan fingerprint density at radius 3 is 2.39 bits per heavy atom. The van der Waals surface area contributed by atoms with Gasteiger partial charge in [-0.3, -0.25) is 4.79 Å². The number of carbonyl (C=O) groups is 1. The topological polar surface area (TPSA) is 75.4 Å². The molecule has 0 aromatic heterocycles. The van der Waals surface area contributed by atoms with Crippen LogP contribution in [0.15, 0.2) is 0 Å². The van der Waals surface area contributed by atoms with E-state index in [4.69, 9.17) is 5.73 Å². The van der Waals surface area contributed by atoms with Crippen molar-refractivity contribution in [3.63, 3.8) is 0 Å². The summed E-state index contributed by atoms with van der Waals surface area (Å²) >= 11 is 0. The average Bonchev–Trinajstić information content (AvgIpc) is 2.75. The molecule has 1 rings (SSSR count). The van der Waals surface area contributed by atoms with Crippen molar-refractivity contribution in [3.8, 4) is 0 Å². The van der Waals surface area contributed by atoms with Crippen molar-refractivity contribution in [1.82, 2.24) is 5.32 Å². The maximum atomic E-state index is 12.1. The minimum Gasteiger partial charge on any atom is -0.393 e. The number of nitrogens with two attached hydrogens (primary N) is 1. The Balaban J connectivity index is 0.00000289. The van der Waals surface area contributed by atoms with Crippen LogP contribution in [-0.2, 0) is 4.79 Å². The van der Waals surface area contributed by atoms with Gasteiger partial charge in [-0.1, -0.05) is 20.3 Å². The number of rotatable bonds is 6. The minimum atomic E-state index is -0.427. The summed E-state index contributed by atoms with van der Waals surface area (Å²) in [5, 5.41) is 12.7. The summed E-state index contributed by atoms with van der Waals surface area (Å²) in [7, 11) is 0. The van der Waals surface area contributed by atoms with E-state index in [9.17, 15) is 9.90 Å². The third-order valence-electron chi connectivity index (χ3n) is 4.37. The van der Waals surface area contributed by atoms with E-state index < -0.39 is 5.41 Å². The Morgan fingerprint density at radius 2 is 2.00 bits per heavy atom. The predicted molar refractivity (Wildman–Crippen MR) is 75.7 cm³/mol. The van der Waals surface area contributed by atoms with Gasteiger partial charge in [-0.05, 0) is 25.7 Å². The first-order valence-electron chi connectivity index (χ1n) is 6.76. The molecule has 0 aromatic carbocycles. The van der Waals surface area contributed by atoms with E-state index in [-0.39, 0.29) is 30.3 Å². The minimum absolute atomic E-state index is 0. The lowest BCUT2D eigenvalue weighted by Gasteiger charge is -2.29. The molecular formula is C13H27ClN2O2. The summed E-state index contributed by atoms with van der Waals surface area (Å²) in [6, 6.07) is 0. The van der Waals surface area contributed by atoms with E-state index in [0.717, 1.165) is 32.1 Å². The lowest BCUT2D eigenvalue weighted by molar-refractivity contribution is -0.131. The molecule has 1 fully saturated rings. The van der Waals surface area contributed by atoms with Crippen LogP contribution in [0.1, 0.15) is 46.0 Å². The number of aliphatic hydroxyl groups excluding tert-OH is 1. The van der Waals surface area contributed by atoms with Crippen LogP contribution in [0.2, 0.25) is 0 Å². The predicted octanol–water partition coefficient (Wildman–Crippen LogP) is 1.45. The number of halogens is 1. The van der Waals surface area contributed by atoms with Crippen LogP contribution in [0.25, 0.3) is 0 Å². The summed E-state index contributed by atoms with van der Waals surface area (Å²) in [5.74, 6) is 0.271. The van der Waals surface area contributed by atoms with Gasteiger partial charge in [0, 0.05) is 19.0 Å². The van der Waals surface area contributed by atoms with Gasteiger partial charge in [0.05, 0.1) is 11.5 Å². The molecule has 2 atom stereocenters. The fourth-order valence-electron chi connectivity index (χ4n) is 2.62. The van der Waals surface area contributed by atoms with Gasteiger partial charge < -0.3 is 16.2 Å². The largest absolute Gasteiger partial charge is 0.393 e. The van der Waals surface area contributed by atoms with E-state index in [2.05, 4.69) is 5.32 Å². The molecule has 1 aliphatic rings. The number of carbonyl (C=O) groups excluding carboxylic acids is 1. The second kappa shape index (κ2) is 7.97. The van der Waals surface area contributed by atoms with Crippen molar-refractivity contribution < 1.29 is 9.90 Å². The highest BCUT2D eigenvalue weighted by Gasteiger charge is 2.34. The Bertz CT molecular complexity index is 249. The molecule has 0 saturated heterocycles. The second-order valence-corrected chi connectivity index (χ2v) is 5.16. The van der Waals surface area contributed by atoms with E-state index in [1.54, 1.807) is 0 Å². The van der Waals surface area contributed by atoms with Crippen molar-refractivity contribution >= 4 is 18.3 Å². The first-order chi connectivity index (χ1) is 8.09. The van der Waals surface area contributed by atoms with Crippen LogP contribution in [0, 0.1) is 11.3 Å². The smallest absolute Gasteiger partial charge is 0.227 e. The summed E-state index contributed by atoms with van der Waals surface area (Å²) in [4.78, 5) is 12.1. The molecule has 0 aliphatic heterocycles. The molecule has 2 unspecified atom stereocenters. The normalized spacial score (nSPS) is 23.6. The van der Waals surface area contributed by atoms with Crippen molar-refractivity contribution in [1.29, 1.82) is 0 Å². The first kappa shape index (κ1) is 17.7. The third kappa shape index (κ3) is 3.84. The van der Waals surface area contributed by atoms with E-state index in [1.165, 1.54) is 0 Å². The molecule has 108 valence electrons. The van der Waals surface area contributed by atoms with Crippen molar-refractivity contribution in [2.75, 3.05) is 13.1 Å². The zero-order valence-corrected chi connectivity index (χ0v) is 12.3. The van der Waals surface area contributed by atoms with Gasteiger partial charge in [-0.25, -0.2) is 0 Å². The molecule has 0 bridgehead atoms. The maximum absolute atomic E-state index is 12.1. The molecule has 1 amide bonds. The van der Waals surface area contributed by atoms with Crippen LogP contribution in [0.4, 0.5) is 0 Å². The standard InChI is InChI=1S/C13H26N2O2.ClH/c1-3-13(4-2,9-14)12(17)15-8-10-6-5-7-11(10)16;/h10-11,16H,3-9,14H2,1-2H3,(H,15,17);1H. The van der Waals surface area contributed by atoms with Gasteiger partial charge in [0.2, 0.25) is 5.91 Å². The molecule has 4 nitrogen and oxygen atoms in total. The highest BCUT2D eigenvalue weighted by Crippen LogP contribution is 2.27. The van der Waals surface area contributed by atoms with E-state index in [0.29, 0.717) is 13.1 Å². The lowest BCUT2D eigenvalue weighted by Crippen LogP contribution is -2.47. The third-order valence-corrected chi connectivity index (χ3v) is 4.37. The number of hydrogen-bond donors (Lipinski definition) is 3. The molecular weight excluding hydrogens is 252 g/mol. The van der Waals surface area contributed by atoms with Gasteiger partial charge >= 0.3 is 0 Å². The Hall–Kier alpha value is -0.320. The molecule has 1 saturated carbocycles. The zero-order chi connectivity index (χ0) is 12.9. The van der Waals surface area contributed by atoms with Crippen molar-refractivity contribution in [2.24, 2.45) is 17.1 Å². The fourth-order valence-corrected chi connectivity index (χ4v) is 2.62. The fraction of sp³-hybridized carbons (Fsp3) is 0.923. The quantitative estimate of drug-likeness (QED) is 0.688. The van der Waals surface area contributed by atoms with E-state index in [1.807, 2.05) is 13.8 Å². The van der Waals surface area contributed by atoms with Gasteiger partial charge in [0.1, 0.15) is 0 Å². The van der Waals surface area contributed by atoms with Crippen LogP contribution >= 0.6 is 12.4 Å². The van der Waals surface area contributed by atoms with Crippen LogP contribution < -0.4 is 11.1 Å². The number of hydrogen-bond acceptors (Lipinski definition) is 3. The molecule has 0 radical (unpaired) electrons. The van der Waals surface area contributed by atoms with Crippen LogP contribution in [0.3, 0.4) is 0 Å². The van der Waals surface area contributed by atoms with Crippen LogP contribution in [0.5, 0.6) is 0 Å². The zero-order valence-electron chi connectivity index (χ0n) is 11.4. The Kier molecular flexibility index (Phi) is 7.83. The van der Waals surface area contributed by atoms with Gasteiger partial charge in [-0.2, -0.15) is 0 Å². The number of nitrogens with one attached hydrogen (secondary N) is 1. The first-order valence-corrected chi connectivity index (χ1v) is 6.76. The Labute approximate surface area is 116 Å². The van der Waals surface area contributed by atoms with Gasteiger partial charge in [0.25, 0.3) is 0 Å². The molecule has 0 spiro atoms. The van der Waals surface area contributed by atoms with Gasteiger partial charge in [-0.15, -0.1) is 12.4 Å². The monoisotopic (exact) mass is 278 g/mol. The van der Waals surface area contributed by atoms with Crippen LogP contribution in [-0.4, -0.2) is 30.2 Å². The highest BCUT2D eigenvalue weighted by molar-refractivity contribution is 5.85. The molecule has 4 N–H and O–H groups in total. The summed E-state index contributed by atoms with van der Waals surface area (Å²) in [5.41, 5.74) is 5.30. The summed E-state index contributed by atoms with van der Waals surface area (Å²) in [6.07, 6.45) is 4.22. The molecule has 1 aliphatic carbocycles. The summed E-state index contributed by atoms with van der Waals surface area (Å²) in [6.45, 7) is 4.97. The summed E-state index contributed by atoms with van der Waals surface area (Å²) < 4.78 is 0. The van der Waals surface area contributed by atoms with Gasteiger partial charge in [0.15, 0.2) is 0 Å². The molecule has 0 heterocycles. The SMILES string of the molecule is CCC(CC)(CN)C(=O)NCC1CCCC1O.Cl. The molecule has 5 heteroatoms. The maximum Gasteiger partial charge on any atom is 0.227 e. The number of amides is 1. The van der Waals surface area contributed by atoms with E-state index >= 15 is 0 Å². The second-order valence-electron chi connectivity index (χ2n) is 5.16. The van der Waals surface area contributed by atoms with Crippen molar-refractivity contribution in [2.45, 2.75) is 52.1 Å². The lowest BCUT2D eigenvalue weighted by atomic mass is 9.81. The Morgan fingerprint density at radius 1 is 1.39 bits per heavy atom. The number of aliphatic hydroxyl groups is 1. The molecule has 0 aromatic rings. The van der Waals surface area contributed by atoms with Crippen molar-refractivity contribution in [3.05, 3.63) is 0 Å². The molecule has 18 heavy (non-hydrogen) atoms. The highest BCUT2D eigenvalue weighted by atomic mass is 35.5. The average molecular weight is 279 g/mol.